The lowest BCUT2D eigenvalue weighted by molar-refractivity contribution is -0.137. The summed E-state index contributed by atoms with van der Waals surface area (Å²) >= 11 is 0. The summed E-state index contributed by atoms with van der Waals surface area (Å²) in [6, 6.07) is 0.260. The second-order valence-corrected chi connectivity index (χ2v) is 6.66. The Morgan fingerprint density at radius 2 is 1.71 bits per heavy atom. The molecule has 1 heterocycles. The Labute approximate surface area is 127 Å². The Balaban J connectivity index is 1.91. The Bertz CT molecular complexity index is 386. The van der Waals surface area contributed by atoms with Gasteiger partial charge in [0.2, 0.25) is 11.8 Å². The van der Waals surface area contributed by atoms with Crippen molar-refractivity contribution < 1.29 is 9.59 Å². The molecule has 0 aromatic rings. The highest BCUT2D eigenvalue weighted by atomic mass is 16.2. The maximum Gasteiger partial charge on any atom is 0.225 e. The zero-order chi connectivity index (χ0) is 15.4. The van der Waals surface area contributed by atoms with Crippen LogP contribution in [0.25, 0.3) is 0 Å². The molecule has 1 aliphatic heterocycles. The zero-order valence-electron chi connectivity index (χ0n) is 13.4. The summed E-state index contributed by atoms with van der Waals surface area (Å²) in [6.07, 6.45) is 5.20. The minimum Gasteiger partial charge on any atom is -0.341 e. The van der Waals surface area contributed by atoms with Crippen LogP contribution >= 0.6 is 0 Å². The molecular weight excluding hydrogens is 266 g/mol. The van der Waals surface area contributed by atoms with Crippen molar-refractivity contribution in [3.8, 4) is 0 Å². The van der Waals surface area contributed by atoms with E-state index in [1.165, 1.54) is 0 Å². The molecule has 0 aromatic carbocycles. The van der Waals surface area contributed by atoms with Crippen molar-refractivity contribution in [3.63, 3.8) is 0 Å². The van der Waals surface area contributed by atoms with Gasteiger partial charge in [-0.2, -0.15) is 0 Å². The van der Waals surface area contributed by atoms with E-state index in [9.17, 15) is 9.59 Å². The van der Waals surface area contributed by atoms with Crippen molar-refractivity contribution in [1.82, 2.24) is 9.80 Å². The van der Waals surface area contributed by atoms with Gasteiger partial charge in [0.15, 0.2) is 0 Å². The summed E-state index contributed by atoms with van der Waals surface area (Å²) in [5, 5.41) is 0. The van der Waals surface area contributed by atoms with Crippen LogP contribution in [0.5, 0.6) is 0 Å². The van der Waals surface area contributed by atoms with Crippen LogP contribution in [-0.2, 0) is 9.59 Å². The molecule has 5 heteroatoms. The molecule has 2 fully saturated rings. The third-order valence-corrected chi connectivity index (χ3v) is 5.10. The minimum absolute atomic E-state index is 0.0558. The van der Waals surface area contributed by atoms with E-state index in [1.807, 2.05) is 9.80 Å². The summed E-state index contributed by atoms with van der Waals surface area (Å²) < 4.78 is 0. The highest BCUT2D eigenvalue weighted by Crippen LogP contribution is 2.30. The summed E-state index contributed by atoms with van der Waals surface area (Å²) in [4.78, 5) is 28.0. The zero-order valence-corrected chi connectivity index (χ0v) is 13.4. The van der Waals surface area contributed by atoms with Crippen molar-refractivity contribution >= 4 is 11.8 Å². The fourth-order valence-corrected chi connectivity index (χ4v) is 3.66. The summed E-state index contributed by atoms with van der Waals surface area (Å²) in [7, 11) is 0. The largest absolute Gasteiger partial charge is 0.341 e. The van der Waals surface area contributed by atoms with E-state index < -0.39 is 0 Å². The molecule has 1 saturated heterocycles. The number of nitrogens with two attached hydrogens (primary N) is 1. The van der Waals surface area contributed by atoms with Crippen LogP contribution in [0.3, 0.4) is 0 Å². The monoisotopic (exact) mass is 295 g/mol. The molecule has 3 unspecified atom stereocenters. The number of nitrogens with zero attached hydrogens (tertiary/aromatic N) is 2. The molecule has 1 aliphatic carbocycles. The van der Waals surface area contributed by atoms with Crippen LogP contribution < -0.4 is 5.73 Å². The van der Waals surface area contributed by atoms with Crippen molar-refractivity contribution in [2.75, 3.05) is 26.2 Å². The maximum absolute atomic E-state index is 12.7. The molecule has 0 spiro atoms. The van der Waals surface area contributed by atoms with Gasteiger partial charge in [0, 0.05) is 45.1 Å². The predicted molar refractivity (Wildman–Crippen MR) is 82.5 cm³/mol. The Kier molecular flexibility index (Phi) is 5.62. The second-order valence-electron chi connectivity index (χ2n) is 6.66. The van der Waals surface area contributed by atoms with Crippen molar-refractivity contribution in [3.05, 3.63) is 0 Å². The number of hydrogen-bond acceptors (Lipinski definition) is 3. The molecule has 0 radical (unpaired) electrons. The minimum atomic E-state index is 0.0558. The van der Waals surface area contributed by atoms with E-state index in [-0.39, 0.29) is 23.8 Å². The molecule has 120 valence electrons. The number of hydrogen-bond donors (Lipinski definition) is 1. The molecule has 2 rings (SSSR count). The lowest BCUT2D eigenvalue weighted by Crippen LogP contribution is -2.42. The topological polar surface area (TPSA) is 66.6 Å². The van der Waals surface area contributed by atoms with Crippen LogP contribution in [0.2, 0.25) is 0 Å². The van der Waals surface area contributed by atoms with Gasteiger partial charge in [0.05, 0.1) is 0 Å². The molecule has 5 nitrogen and oxygen atoms in total. The van der Waals surface area contributed by atoms with Gasteiger partial charge in [0.25, 0.3) is 0 Å². The number of amides is 2. The molecule has 1 saturated carbocycles. The molecule has 2 amide bonds. The number of rotatable bonds is 2. The fraction of sp³-hybridized carbons (Fsp3) is 0.875. The normalized spacial score (nSPS) is 28.9. The highest BCUT2D eigenvalue weighted by molar-refractivity contribution is 5.79. The fourth-order valence-electron chi connectivity index (χ4n) is 3.66. The predicted octanol–water partition coefficient (Wildman–Crippen LogP) is 1.22. The standard InChI is InChI=1S/C16H29N3O2/c1-12(14-5-3-6-15(17)11-14)16(21)19-8-4-7-18(9-10-19)13(2)20/h12,14-15H,3-11,17H2,1-2H3. The first kappa shape index (κ1) is 16.3. The van der Waals surface area contributed by atoms with Crippen molar-refractivity contribution in [2.24, 2.45) is 17.6 Å². The lowest BCUT2D eigenvalue weighted by Gasteiger charge is -2.33. The van der Waals surface area contributed by atoms with Gasteiger partial charge in [-0.3, -0.25) is 9.59 Å². The van der Waals surface area contributed by atoms with Crippen LogP contribution in [0.1, 0.15) is 46.0 Å². The van der Waals surface area contributed by atoms with Gasteiger partial charge in [-0.05, 0) is 31.6 Å². The van der Waals surface area contributed by atoms with E-state index >= 15 is 0 Å². The van der Waals surface area contributed by atoms with Crippen LogP contribution in [-0.4, -0.2) is 53.8 Å². The summed E-state index contributed by atoms with van der Waals surface area (Å²) in [5.41, 5.74) is 6.05. The van der Waals surface area contributed by atoms with Crippen molar-refractivity contribution in [1.29, 1.82) is 0 Å². The number of carbonyl (C=O) groups is 2. The molecule has 21 heavy (non-hydrogen) atoms. The molecule has 0 bridgehead atoms. The average molecular weight is 295 g/mol. The highest BCUT2D eigenvalue weighted by Gasteiger charge is 2.31. The van der Waals surface area contributed by atoms with Crippen LogP contribution in [0.15, 0.2) is 0 Å². The van der Waals surface area contributed by atoms with Crippen molar-refractivity contribution in [2.45, 2.75) is 52.0 Å². The maximum atomic E-state index is 12.7. The Hall–Kier alpha value is -1.10. The molecule has 0 aromatic heterocycles. The SMILES string of the molecule is CC(=O)N1CCCN(C(=O)C(C)C2CCCC(N)C2)CC1. The lowest BCUT2D eigenvalue weighted by atomic mass is 9.78. The molecule has 2 aliphatic rings. The van der Waals surface area contributed by atoms with Gasteiger partial charge in [-0.1, -0.05) is 13.3 Å². The van der Waals surface area contributed by atoms with Gasteiger partial charge in [-0.25, -0.2) is 0 Å². The molecule has 2 N–H and O–H groups in total. The van der Waals surface area contributed by atoms with Gasteiger partial charge in [-0.15, -0.1) is 0 Å². The van der Waals surface area contributed by atoms with Crippen LogP contribution in [0, 0.1) is 11.8 Å². The quantitative estimate of drug-likeness (QED) is 0.833. The summed E-state index contributed by atoms with van der Waals surface area (Å²) in [5.74, 6) is 0.837. The first-order chi connectivity index (χ1) is 9.99. The summed E-state index contributed by atoms with van der Waals surface area (Å²) in [6.45, 7) is 6.52. The second kappa shape index (κ2) is 7.25. The van der Waals surface area contributed by atoms with E-state index in [1.54, 1.807) is 6.92 Å². The smallest absolute Gasteiger partial charge is 0.225 e. The van der Waals surface area contributed by atoms with Gasteiger partial charge >= 0.3 is 0 Å². The average Bonchev–Trinajstić information content (AvgIpc) is 2.71. The third-order valence-electron chi connectivity index (χ3n) is 5.10. The first-order valence-electron chi connectivity index (χ1n) is 8.29. The Morgan fingerprint density at radius 1 is 1.05 bits per heavy atom. The van der Waals surface area contributed by atoms with Crippen LogP contribution in [0.4, 0.5) is 0 Å². The van der Waals surface area contributed by atoms with E-state index in [4.69, 9.17) is 5.73 Å². The third kappa shape index (κ3) is 4.19. The molecular formula is C16H29N3O2. The van der Waals surface area contributed by atoms with Gasteiger partial charge < -0.3 is 15.5 Å². The van der Waals surface area contributed by atoms with E-state index in [2.05, 4.69) is 6.92 Å². The van der Waals surface area contributed by atoms with E-state index in [0.717, 1.165) is 45.2 Å². The number of carbonyl (C=O) groups excluding carboxylic acids is 2. The Morgan fingerprint density at radius 3 is 2.38 bits per heavy atom. The molecule has 3 atom stereocenters. The first-order valence-corrected chi connectivity index (χ1v) is 8.29. The van der Waals surface area contributed by atoms with E-state index in [0.29, 0.717) is 19.0 Å². The van der Waals surface area contributed by atoms with Gasteiger partial charge in [0.1, 0.15) is 0 Å².